The Kier molecular flexibility index (Phi) is 4.88. The molecule has 2 aromatic carbocycles. The number of nitrogens with zero attached hydrogens (tertiary/aromatic N) is 1. The molecule has 0 aromatic heterocycles. The predicted octanol–water partition coefficient (Wildman–Crippen LogP) is 1.82. The van der Waals surface area contributed by atoms with Gasteiger partial charge in [-0.15, -0.1) is 0 Å². The number of nitrogens with one attached hydrogen (secondary N) is 2. The highest BCUT2D eigenvalue weighted by Crippen LogP contribution is 2.54. The summed E-state index contributed by atoms with van der Waals surface area (Å²) in [6.07, 6.45) is -0.0788. The first-order chi connectivity index (χ1) is 17.2. The van der Waals surface area contributed by atoms with Gasteiger partial charge in [0.25, 0.3) is 0 Å². The molecule has 4 aliphatic heterocycles. The summed E-state index contributed by atoms with van der Waals surface area (Å²) < 4.78 is 10.8. The minimum atomic E-state index is -1.45. The number of carboxylic acids is 1. The monoisotopic (exact) mass is 491 g/mol. The minimum absolute atomic E-state index is 0.0183. The molecule has 0 saturated carbocycles. The lowest BCUT2D eigenvalue weighted by Gasteiger charge is -2.29. The van der Waals surface area contributed by atoms with Crippen LogP contribution in [-0.2, 0) is 31.3 Å². The third-order valence-corrected chi connectivity index (χ3v) is 7.96. The second-order valence-electron chi connectivity index (χ2n) is 9.83. The molecule has 0 radical (unpaired) electrons. The zero-order chi connectivity index (χ0) is 25.4. The number of amides is 3. The van der Waals surface area contributed by atoms with E-state index in [1.54, 1.807) is 18.2 Å². The van der Waals surface area contributed by atoms with Gasteiger partial charge in [0.2, 0.25) is 24.5 Å². The SMILES string of the molecule is Cc1ccc2c(c1C)NC(=O)[C@@]21N[C@@H](CCC(=O)O)[C@H]2C(=O)N(Cc3ccc4c(c3)OCO4)C(=O)[C@H]21. The lowest BCUT2D eigenvalue weighted by atomic mass is 9.76. The molecule has 3 amide bonds. The summed E-state index contributed by atoms with van der Waals surface area (Å²) in [5.41, 5.74) is 2.38. The lowest BCUT2D eigenvalue weighted by molar-refractivity contribution is -0.144. The third-order valence-electron chi connectivity index (χ3n) is 7.96. The molecular formula is C26H25N3O7. The van der Waals surface area contributed by atoms with Crippen LogP contribution < -0.4 is 20.1 Å². The highest BCUT2D eigenvalue weighted by atomic mass is 16.7. The summed E-state index contributed by atoms with van der Waals surface area (Å²) >= 11 is 0. The molecule has 0 aliphatic carbocycles. The number of hydrogen-bond donors (Lipinski definition) is 3. The van der Waals surface area contributed by atoms with E-state index in [1.165, 1.54) is 4.90 Å². The number of ether oxygens (including phenoxy) is 2. The number of fused-ring (bicyclic) bond motifs is 5. The van der Waals surface area contributed by atoms with Crippen molar-refractivity contribution in [2.45, 2.75) is 44.8 Å². The standard InChI is InChI=1S/C26H25N3O7/c1-12-3-5-15-22(13(12)2)27-25(34)26(15)21-20(16(28-26)6-8-19(30)31)23(32)29(24(21)33)10-14-4-7-17-18(9-14)36-11-35-17/h3-5,7,9,16,20-21,28H,6,8,10-11H2,1-2H3,(H,27,34)(H,30,31)/t16-,20+,21-,26+/m0/s1. The second kappa shape index (κ2) is 7.79. The van der Waals surface area contributed by atoms with E-state index >= 15 is 0 Å². The fourth-order valence-electron chi connectivity index (χ4n) is 6.08. The van der Waals surface area contributed by atoms with Crippen molar-refractivity contribution >= 4 is 29.4 Å². The van der Waals surface area contributed by atoms with Crippen LogP contribution >= 0.6 is 0 Å². The lowest BCUT2D eigenvalue weighted by Crippen LogP contribution is -2.53. The molecule has 186 valence electrons. The third kappa shape index (κ3) is 3.00. The van der Waals surface area contributed by atoms with Crippen LogP contribution in [0.4, 0.5) is 5.69 Å². The van der Waals surface area contributed by atoms with Gasteiger partial charge in [0.1, 0.15) is 5.54 Å². The maximum absolute atomic E-state index is 13.9. The molecule has 4 aliphatic rings. The van der Waals surface area contributed by atoms with Gasteiger partial charge in [0, 0.05) is 23.7 Å². The van der Waals surface area contributed by atoms with Crippen LogP contribution in [0.15, 0.2) is 30.3 Å². The molecule has 3 N–H and O–H groups in total. The summed E-state index contributed by atoms with van der Waals surface area (Å²) in [6.45, 7) is 3.96. The number of aryl methyl sites for hydroxylation is 1. The Morgan fingerprint density at radius 3 is 2.67 bits per heavy atom. The summed E-state index contributed by atoms with van der Waals surface area (Å²) in [5, 5.41) is 15.5. The fourth-order valence-corrected chi connectivity index (χ4v) is 6.08. The van der Waals surface area contributed by atoms with Crippen LogP contribution in [0, 0.1) is 25.7 Å². The van der Waals surface area contributed by atoms with E-state index in [0.29, 0.717) is 28.3 Å². The first kappa shape index (κ1) is 22.5. The smallest absolute Gasteiger partial charge is 0.303 e. The normalized spacial score (nSPS) is 27.6. The Morgan fingerprint density at radius 2 is 1.89 bits per heavy atom. The molecule has 6 rings (SSSR count). The molecule has 0 unspecified atom stereocenters. The first-order valence-electron chi connectivity index (χ1n) is 11.9. The largest absolute Gasteiger partial charge is 0.481 e. The number of carboxylic acid groups (broad SMARTS) is 1. The van der Waals surface area contributed by atoms with Gasteiger partial charge in [-0.25, -0.2) is 0 Å². The molecule has 1 spiro atoms. The number of benzene rings is 2. The summed E-state index contributed by atoms with van der Waals surface area (Å²) in [5.74, 6) is -2.97. The first-order valence-corrected chi connectivity index (χ1v) is 11.9. The molecule has 10 nitrogen and oxygen atoms in total. The molecule has 2 aromatic rings. The summed E-state index contributed by atoms with van der Waals surface area (Å²) in [7, 11) is 0. The molecular weight excluding hydrogens is 466 g/mol. The number of rotatable bonds is 5. The van der Waals surface area contributed by atoms with Gasteiger partial charge in [-0.3, -0.25) is 29.4 Å². The van der Waals surface area contributed by atoms with E-state index in [9.17, 15) is 24.3 Å². The van der Waals surface area contributed by atoms with Crippen molar-refractivity contribution < 1.29 is 33.8 Å². The zero-order valence-electron chi connectivity index (χ0n) is 19.8. The number of carbonyl (C=O) groups is 4. The van der Waals surface area contributed by atoms with Gasteiger partial charge in [-0.1, -0.05) is 18.2 Å². The van der Waals surface area contributed by atoms with E-state index in [-0.39, 0.29) is 26.2 Å². The van der Waals surface area contributed by atoms with Crippen molar-refractivity contribution in [3.8, 4) is 11.5 Å². The van der Waals surface area contributed by atoms with Gasteiger partial charge >= 0.3 is 5.97 Å². The Labute approximate surface area is 206 Å². The highest BCUT2D eigenvalue weighted by molar-refractivity contribution is 6.15. The number of hydrogen-bond acceptors (Lipinski definition) is 7. The van der Waals surface area contributed by atoms with Crippen molar-refractivity contribution in [3.05, 3.63) is 52.6 Å². The molecule has 2 saturated heterocycles. The average Bonchev–Trinajstić information content (AvgIpc) is 3.57. The van der Waals surface area contributed by atoms with Crippen molar-refractivity contribution in [2.24, 2.45) is 11.8 Å². The molecule has 4 heterocycles. The molecule has 10 heteroatoms. The van der Waals surface area contributed by atoms with Crippen molar-refractivity contribution in [3.63, 3.8) is 0 Å². The summed E-state index contributed by atoms with van der Waals surface area (Å²) in [6, 6.07) is 8.29. The van der Waals surface area contributed by atoms with Crippen molar-refractivity contribution in [1.29, 1.82) is 0 Å². The van der Waals surface area contributed by atoms with Crippen LogP contribution in [0.2, 0.25) is 0 Å². The van der Waals surface area contributed by atoms with E-state index in [2.05, 4.69) is 10.6 Å². The molecule has 2 fully saturated rings. The summed E-state index contributed by atoms with van der Waals surface area (Å²) in [4.78, 5) is 53.7. The quantitative estimate of drug-likeness (QED) is 0.540. The van der Waals surface area contributed by atoms with Crippen LogP contribution in [0.25, 0.3) is 0 Å². The Bertz CT molecular complexity index is 1360. The second-order valence-corrected chi connectivity index (χ2v) is 9.83. The van der Waals surface area contributed by atoms with E-state index in [1.807, 2.05) is 26.0 Å². The maximum atomic E-state index is 13.9. The number of likely N-dealkylation sites (tertiary alicyclic amines) is 1. The maximum Gasteiger partial charge on any atom is 0.303 e. The van der Waals surface area contributed by atoms with E-state index in [0.717, 1.165) is 11.1 Å². The average molecular weight is 492 g/mol. The minimum Gasteiger partial charge on any atom is -0.481 e. The number of anilines is 1. The van der Waals surface area contributed by atoms with Crippen molar-refractivity contribution in [2.75, 3.05) is 12.1 Å². The van der Waals surface area contributed by atoms with Crippen molar-refractivity contribution in [1.82, 2.24) is 10.2 Å². The van der Waals surface area contributed by atoms with Crippen LogP contribution in [0.3, 0.4) is 0 Å². The topological polar surface area (TPSA) is 134 Å². The van der Waals surface area contributed by atoms with Crippen LogP contribution in [0.1, 0.15) is 35.1 Å². The Hall–Kier alpha value is -3.92. The highest BCUT2D eigenvalue weighted by Gasteiger charge is 2.70. The number of carbonyl (C=O) groups excluding carboxylic acids is 3. The Balaban J connectivity index is 1.41. The fraction of sp³-hybridized carbons (Fsp3) is 0.385. The van der Waals surface area contributed by atoms with Crippen LogP contribution in [0.5, 0.6) is 11.5 Å². The van der Waals surface area contributed by atoms with E-state index < -0.39 is 47.1 Å². The van der Waals surface area contributed by atoms with Crippen LogP contribution in [-0.4, -0.2) is 46.5 Å². The molecule has 0 bridgehead atoms. The predicted molar refractivity (Wildman–Crippen MR) is 125 cm³/mol. The van der Waals surface area contributed by atoms with E-state index in [4.69, 9.17) is 9.47 Å². The van der Waals surface area contributed by atoms with Gasteiger partial charge in [0.05, 0.1) is 18.4 Å². The molecule has 36 heavy (non-hydrogen) atoms. The zero-order valence-corrected chi connectivity index (χ0v) is 19.8. The van der Waals surface area contributed by atoms with Gasteiger partial charge in [-0.2, -0.15) is 0 Å². The molecule has 4 atom stereocenters. The van der Waals surface area contributed by atoms with Gasteiger partial charge < -0.3 is 19.9 Å². The Morgan fingerprint density at radius 1 is 1.11 bits per heavy atom. The van der Waals surface area contributed by atoms with Gasteiger partial charge in [0.15, 0.2) is 11.5 Å². The number of aliphatic carboxylic acids is 1. The number of imide groups is 1. The van der Waals surface area contributed by atoms with Gasteiger partial charge in [-0.05, 0) is 49.1 Å².